The lowest BCUT2D eigenvalue weighted by atomic mass is 9.82. The molecule has 5 aromatic carbocycles. The lowest BCUT2D eigenvalue weighted by molar-refractivity contribution is 0.660. The van der Waals surface area contributed by atoms with Gasteiger partial charge in [-0.1, -0.05) is 135 Å². The van der Waals surface area contributed by atoms with E-state index in [1.165, 1.54) is 27.8 Å². The van der Waals surface area contributed by atoms with Crippen LogP contribution >= 0.6 is 0 Å². The third kappa shape index (κ3) is 4.65. The molecule has 0 unspecified atom stereocenters. The Balaban J connectivity index is 1.34. The molecule has 0 amide bonds. The predicted molar refractivity (Wildman–Crippen MR) is 185 cm³/mol. The summed E-state index contributed by atoms with van der Waals surface area (Å²) in [5.74, 6) is 0.688. The van der Waals surface area contributed by atoms with Crippen molar-refractivity contribution in [1.82, 2.24) is 15.0 Å². The average Bonchev–Trinajstić information content (AvgIpc) is 3.35. The zero-order valence-electron chi connectivity index (χ0n) is 25.3. The number of hydrogen-bond acceptors (Lipinski definition) is 3. The molecule has 2 heterocycles. The molecule has 0 saturated heterocycles. The Hall–Kier alpha value is -5.67. The summed E-state index contributed by atoms with van der Waals surface area (Å²) in [6.07, 6.45) is 1.88. The molecule has 0 bridgehead atoms. The second-order valence-corrected chi connectivity index (χ2v) is 12.1. The molecule has 0 aliphatic heterocycles. The van der Waals surface area contributed by atoms with Crippen LogP contribution in [-0.4, -0.2) is 15.0 Å². The summed E-state index contributed by atoms with van der Waals surface area (Å²) in [6.45, 7) is 4.63. The van der Waals surface area contributed by atoms with Gasteiger partial charge in [0.2, 0.25) is 0 Å². The Morgan fingerprint density at radius 3 is 1.87 bits per heavy atom. The van der Waals surface area contributed by atoms with Crippen molar-refractivity contribution in [3.05, 3.63) is 163 Å². The van der Waals surface area contributed by atoms with Crippen molar-refractivity contribution in [3.8, 4) is 67.4 Å². The molecule has 45 heavy (non-hydrogen) atoms. The molecular formula is C42H31N3. The molecule has 1 aliphatic carbocycles. The number of nitrogens with zero attached hydrogens (tertiary/aromatic N) is 3. The van der Waals surface area contributed by atoms with E-state index in [9.17, 15) is 0 Å². The number of pyridine rings is 1. The first-order valence-electron chi connectivity index (χ1n) is 15.4. The third-order valence-corrected chi connectivity index (χ3v) is 8.97. The van der Waals surface area contributed by atoms with Gasteiger partial charge in [0.15, 0.2) is 5.82 Å². The Morgan fingerprint density at radius 1 is 0.444 bits per heavy atom. The highest BCUT2D eigenvalue weighted by Crippen LogP contribution is 2.52. The summed E-state index contributed by atoms with van der Waals surface area (Å²) >= 11 is 0. The van der Waals surface area contributed by atoms with Gasteiger partial charge in [-0.15, -0.1) is 0 Å². The Morgan fingerprint density at radius 2 is 1.04 bits per heavy atom. The smallest absolute Gasteiger partial charge is 0.160 e. The van der Waals surface area contributed by atoms with E-state index in [0.717, 1.165) is 44.9 Å². The second-order valence-electron chi connectivity index (χ2n) is 12.1. The number of hydrogen-bond donors (Lipinski definition) is 0. The van der Waals surface area contributed by atoms with E-state index in [2.05, 4.69) is 129 Å². The number of rotatable bonds is 5. The van der Waals surface area contributed by atoms with Gasteiger partial charge >= 0.3 is 0 Å². The van der Waals surface area contributed by atoms with Crippen LogP contribution in [0.3, 0.4) is 0 Å². The lowest BCUT2D eigenvalue weighted by Crippen LogP contribution is -2.14. The summed E-state index contributed by atoms with van der Waals surface area (Å²) in [6, 6.07) is 50.9. The van der Waals surface area contributed by atoms with Gasteiger partial charge in [-0.05, 0) is 57.6 Å². The number of fused-ring (bicyclic) bond motifs is 3. The molecule has 1 aliphatic rings. The fourth-order valence-electron chi connectivity index (χ4n) is 6.72. The summed E-state index contributed by atoms with van der Waals surface area (Å²) in [5.41, 5.74) is 14.2. The molecule has 0 radical (unpaired) electrons. The summed E-state index contributed by atoms with van der Waals surface area (Å²) < 4.78 is 0. The van der Waals surface area contributed by atoms with Crippen LogP contribution in [-0.2, 0) is 5.41 Å². The molecule has 0 saturated carbocycles. The summed E-state index contributed by atoms with van der Waals surface area (Å²) in [5, 5.41) is 0. The van der Waals surface area contributed by atoms with Crippen molar-refractivity contribution in [2.24, 2.45) is 0 Å². The fraction of sp³-hybridized carbons (Fsp3) is 0.0714. The third-order valence-electron chi connectivity index (χ3n) is 8.97. The molecule has 0 atom stereocenters. The van der Waals surface area contributed by atoms with Gasteiger partial charge in [-0.2, -0.15) is 0 Å². The van der Waals surface area contributed by atoms with Crippen LogP contribution in [0.15, 0.2) is 152 Å². The minimum absolute atomic E-state index is 0.0940. The van der Waals surface area contributed by atoms with E-state index in [4.69, 9.17) is 15.0 Å². The van der Waals surface area contributed by atoms with Crippen molar-refractivity contribution < 1.29 is 0 Å². The van der Waals surface area contributed by atoms with Crippen molar-refractivity contribution in [2.75, 3.05) is 0 Å². The monoisotopic (exact) mass is 577 g/mol. The van der Waals surface area contributed by atoms with E-state index in [0.29, 0.717) is 5.82 Å². The van der Waals surface area contributed by atoms with Gasteiger partial charge in [0.05, 0.1) is 17.1 Å². The van der Waals surface area contributed by atoms with Gasteiger partial charge in [0.25, 0.3) is 0 Å². The molecule has 0 spiro atoms. The average molecular weight is 578 g/mol. The molecule has 0 N–H and O–H groups in total. The van der Waals surface area contributed by atoms with Crippen LogP contribution in [0.2, 0.25) is 0 Å². The molecule has 7 aromatic rings. The zero-order valence-corrected chi connectivity index (χ0v) is 25.3. The lowest BCUT2D eigenvalue weighted by Gasteiger charge is -2.21. The quantitative estimate of drug-likeness (QED) is 0.204. The minimum atomic E-state index is -0.0940. The maximum atomic E-state index is 5.18. The predicted octanol–water partition coefficient (Wildman–Crippen LogP) is 10.5. The molecule has 8 rings (SSSR count). The van der Waals surface area contributed by atoms with Gasteiger partial charge in [-0.25, -0.2) is 9.97 Å². The highest BCUT2D eigenvalue weighted by molar-refractivity contribution is 5.95. The van der Waals surface area contributed by atoms with Crippen LogP contribution < -0.4 is 0 Å². The zero-order chi connectivity index (χ0) is 30.4. The van der Waals surface area contributed by atoms with Crippen LogP contribution in [0.4, 0.5) is 0 Å². The topological polar surface area (TPSA) is 38.7 Å². The van der Waals surface area contributed by atoms with Crippen LogP contribution in [0, 0.1) is 0 Å². The Labute approximate surface area is 264 Å². The molecule has 0 fully saturated rings. The van der Waals surface area contributed by atoms with Gasteiger partial charge < -0.3 is 0 Å². The molecular weight excluding hydrogens is 546 g/mol. The highest BCUT2D eigenvalue weighted by atomic mass is 14.9. The molecule has 3 heteroatoms. The number of benzene rings is 5. The van der Waals surface area contributed by atoms with Crippen LogP contribution in [0.1, 0.15) is 25.0 Å². The highest BCUT2D eigenvalue weighted by Gasteiger charge is 2.37. The van der Waals surface area contributed by atoms with Crippen LogP contribution in [0.25, 0.3) is 67.4 Å². The largest absolute Gasteiger partial charge is 0.256 e. The van der Waals surface area contributed by atoms with Crippen molar-refractivity contribution >= 4 is 0 Å². The molecule has 3 nitrogen and oxygen atoms in total. The van der Waals surface area contributed by atoms with E-state index in [1.807, 2.05) is 36.5 Å². The van der Waals surface area contributed by atoms with E-state index < -0.39 is 0 Å². The van der Waals surface area contributed by atoms with E-state index >= 15 is 0 Å². The molecule has 2 aromatic heterocycles. The standard InChI is InChI=1S/C42H31N3/c1-42(2)35-23-10-9-20-32(35)39-34(21-12-24-36(39)42)40-33(22-13-25-43-40)38-27-37(44-41(45-38)29-16-7-4-8-17-29)31-19-11-18-30(26-31)28-14-5-3-6-15-28/h3-27H,1-2H3. The molecule has 214 valence electrons. The van der Waals surface area contributed by atoms with Crippen LogP contribution in [0.5, 0.6) is 0 Å². The van der Waals surface area contributed by atoms with Crippen molar-refractivity contribution in [3.63, 3.8) is 0 Å². The van der Waals surface area contributed by atoms with E-state index in [-0.39, 0.29) is 5.41 Å². The maximum absolute atomic E-state index is 5.18. The minimum Gasteiger partial charge on any atom is -0.256 e. The van der Waals surface area contributed by atoms with Crippen molar-refractivity contribution in [1.29, 1.82) is 0 Å². The first kappa shape index (κ1) is 26.9. The van der Waals surface area contributed by atoms with Gasteiger partial charge in [0, 0.05) is 33.9 Å². The first-order chi connectivity index (χ1) is 22.1. The Bertz CT molecular complexity index is 2180. The summed E-state index contributed by atoms with van der Waals surface area (Å²) in [7, 11) is 0. The number of aromatic nitrogens is 3. The Kier molecular flexibility index (Phi) is 6.46. The SMILES string of the molecule is CC1(C)c2ccccc2-c2c(-c3ncccc3-c3cc(-c4cccc(-c5ccccc5)c4)nc(-c4ccccc4)n3)cccc21. The fourth-order valence-corrected chi connectivity index (χ4v) is 6.72. The van der Waals surface area contributed by atoms with Gasteiger partial charge in [-0.3, -0.25) is 4.98 Å². The van der Waals surface area contributed by atoms with Gasteiger partial charge in [0.1, 0.15) is 0 Å². The van der Waals surface area contributed by atoms with Crippen molar-refractivity contribution in [2.45, 2.75) is 19.3 Å². The van der Waals surface area contributed by atoms with E-state index in [1.54, 1.807) is 0 Å². The summed E-state index contributed by atoms with van der Waals surface area (Å²) in [4.78, 5) is 15.3. The first-order valence-corrected chi connectivity index (χ1v) is 15.4. The normalized spacial score (nSPS) is 12.8. The maximum Gasteiger partial charge on any atom is 0.160 e. The second kappa shape index (κ2) is 10.8.